The molecule has 0 spiro atoms. The van der Waals surface area contributed by atoms with Crippen molar-refractivity contribution in [2.75, 3.05) is 19.8 Å². The van der Waals surface area contributed by atoms with Gasteiger partial charge in [-0.05, 0) is 31.2 Å². The topological polar surface area (TPSA) is 85.6 Å². The Morgan fingerprint density at radius 2 is 1.76 bits per heavy atom. The van der Waals surface area contributed by atoms with Crippen LogP contribution in [0.25, 0.3) is 0 Å². The molecule has 0 aromatic heterocycles. The second-order valence-corrected chi connectivity index (χ2v) is 4.03. The van der Waals surface area contributed by atoms with Gasteiger partial charge in [0, 0.05) is 6.61 Å². The van der Waals surface area contributed by atoms with Gasteiger partial charge in [-0.1, -0.05) is 0 Å². The first kappa shape index (κ1) is 16.7. The predicted molar refractivity (Wildman–Crippen MR) is 73.5 cm³/mol. The van der Waals surface area contributed by atoms with Gasteiger partial charge < -0.3 is 14.2 Å². The van der Waals surface area contributed by atoms with Crippen LogP contribution in [0.4, 0.5) is 0 Å². The van der Waals surface area contributed by atoms with Crippen molar-refractivity contribution in [1.29, 1.82) is 5.26 Å². The first-order chi connectivity index (χ1) is 10.2. The molecular formula is C15H17NO5. The molecule has 0 saturated carbocycles. The van der Waals surface area contributed by atoms with Crippen LogP contribution in [0.2, 0.25) is 0 Å². The predicted octanol–water partition coefficient (Wildman–Crippen LogP) is 1.82. The summed E-state index contributed by atoms with van der Waals surface area (Å²) in [6.07, 6.45) is -0.102. The number of carbonyl (C=O) groups excluding carboxylic acids is 2. The van der Waals surface area contributed by atoms with Crippen LogP contribution in [0.1, 0.15) is 25.3 Å². The molecule has 0 aliphatic heterocycles. The number of benzene rings is 1. The standard InChI is InChI=1S/C15H17NO5/c1-2-19-9-10-20-14(17)7-8-15(18)21-13-5-3-12(11-16)4-6-13/h3-6H,2,7-10H2,1H3. The van der Waals surface area contributed by atoms with E-state index in [4.69, 9.17) is 19.5 Å². The largest absolute Gasteiger partial charge is 0.463 e. The first-order valence-corrected chi connectivity index (χ1v) is 6.60. The van der Waals surface area contributed by atoms with Crippen LogP contribution in [0.3, 0.4) is 0 Å². The summed E-state index contributed by atoms with van der Waals surface area (Å²) in [5, 5.41) is 8.64. The maximum absolute atomic E-state index is 11.5. The van der Waals surface area contributed by atoms with E-state index in [1.54, 1.807) is 12.1 Å². The highest BCUT2D eigenvalue weighted by Crippen LogP contribution is 2.12. The third-order valence-electron chi connectivity index (χ3n) is 2.44. The number of nitriles is 1. The molecule has 0 N–H and O–H groups in total. The Kier molecular flexibility index (Phi) is 7.54. The molecule has 1 aromatic carbocycles. The van der Waals surface area contributed by atoms with Crippen LogP contribution in [0.5, 0.6) is 5.75 Å². The molecule has 0 atom stereocenters. The summed E-state index contributed by atoms with van der Waals surface area (Å²) in [4.78, 5) is 22.9. The van der Waals surface area contributed by atoms with Gasteiger partial charge in [-0.25, -0.2) is 0 Å². The molecular weight excluding hydrogens is 274 g/mol. The van der Waals surface area contributed by atoms with Gasteiger partial charge in [0.05, 0.1) is 31.1 Å². The number of carbonyl (C=O) groups is 2. The van der Waals surface area contributed by atoms with E-state index in [2.05, 4.69) is 0 Å². The van der Waals surface area contributed by atoms with Crippen LogP contribution >= 0.6 is 0 Å². The third kappa shape index (κ3) is 7.09. The maximum atomic E-state index is 11.5. The number of esters is 2. The van der Waals surface area contributed by atoms with Gasteiger partial charge in [0.25, 0.3) is 0 Å². The fraction of sp³-hybridized carbons (Fsp3) is 0.400. The van der Waals surface area contributed by atoms with Gasteiger partial charge in [-0.2, -0.15) is 5.26 Å². The Bertz CT molecular complexity index is 504. The summed E-state index contributed by atoms with van der Waals surface area (Å²) >= 11 is 0. The van der Waals surface area contributed by atoms with Gasteiger partial charge in [0.2, 0.25) is 0 Å². The highest BCUT2D eigenvalue weighted by Gasteiger charge is 2.10. The van der Waals surface area contributed by atoms with Crippen molar-refractivity contribution < 1.29 is 23.8 Å². The average Bonchev–Trinajstić information content (AvgIpc) is 2.50. The lowest BCUT2D eigenvalue weighted by Gasteiger charge is -2.05. The van der Waals surface area contributed by atoms with E-state index in [9.17, 15) is 9.59 Å². The SMILES string of the molecule is CCOCCOC(=O)CCC(=O)Oc1ccc(C#N)cc1. The molecule has 6 heteroatoms. The molecule has 0 aliphatic carbocycles. The van der Waals surface area contributed by atoms with E-state index in [0.29, 0.717) is 24.5 Å². The van der Waals surface area contributed by atoms with Crippen molar-refractivity contribution in [3.8, 4) is 11.8 Å². The quantitative estimate of drug-likeness (QED) is 0.412. The van der Waals surface area contributed by atoms with E-state index in [-0.39, 0.29) is 19.4 Å². The molecule has 0 saturated heterocycles. The van der Waals surface area contributed by atoms with E-state index < -0.39 is 11.9 Å². The third-order valence-corrected chi connectivity index (χ3v) is 2.44. The minimum atomic E-state index is -0.526. The van der Waals surface area contributed by atoms with E-state index in [0.717, 1.165) is 0 Å². The summed E-state index contributed by atoms with van der Waals surface area (Å²) in [6.45, 7) is 2.94. The molecule has 0 amide bonds. The van der Waals surface area contributed by atoms with Crippen LogP contribution in [0.15, 0.2) is 24.3 Å². The first-order valence-electron chi connectivity index (χ1n) is 6.60. The smallest absolute Gasteiger partial charge is 0.311 e. The highest BCUT2D eigenvalue weighted by molar-refractivity contribution is 5.79. The molecule has 0 fully saturated rings. The second kappa shape index (κ2) is 9.50. The van der Waals surface area contributed by atoms with Crippen LogP contribution in [0, 0.1) is 11.3 Å². The van der Waals surface area contributed by atoms with Crippen molar-refractivity contribution in [2.45, 2.75) is 19.8 Å². The van der Waals surface area contributed by atoms with Crippen molar-refractivity contribution in [3.05, 3.63) is 29.8 Å². The van der Waals surface area contributed by atoms with Crippen molar-refractivity contribution in [1.82, 2.24) is 0 Å². The number of hydrogen-bond acceptors (Lipinski definition) is 6. The van der Waals surface area contributed by atoms with E-state index in [1.165, 1.54) is 12.1 Å². The molecule has 0 unspecified atom stereocenters. The molecule has 21 heavy (non-hydrogen) atoms. The van der Waals surface area contributed by atoms with Crippen LogP contribution in [-0.2, 0) is 19.1 Å². The van der Waals surface area contributed by atoms with Gasteiger partial charge in [-0.15, -0.1) is 0 Å². The number of nitrogens with zero attached hydrogens (tertiary/aromatic N) is 1. The second-order valence-electron chi connectivity index (χ2n) is 4.03. The van der Waals surface area contributed by atoms with Crippen LogP contribution in [-0.4, -0.2) is 31.8 Å². The minimum absolute atomic E-state index is 0.0404. The highest BCUT2D eigenvalue weighted by atomic mass is 16.6. The molecule has 0 radical (unpaired) electrons. The molecule has 1 rings (SSSR count). The fourth-order valence-corrected chi connectivity index (χ4v) is 1.42. The zero-order valence-electron chi connectivity index (χ0n) is 11.8. The van der Waals surface area contributed by atoms with Crippen LogP contribution < -0.4 is 4.74 Å². The van der Waals surface area contributed by atoms with Crippen molar-refractivity contribution in [2.24, 2.45) is 0 Å². The number of rotatable bonds is 8. The van der Waals surface area contributed by atoms with Gasteiger partial charge in [0.1, 0.15) is 12.4 Å². The molecule has 0 aliphatic rings. The summed E-state index contributed by atoms with van der Waals surface area (Å²) in [7, 11) is 0. The Hall–Kier alpha value is -2.39. The monoisotopic (exact) mass is 291 g/mol. The Morgan fingerprint density at radius 3 is 2.38 bits per heavy atom. The van der Waals surface area contributed by atoms with Gasteiger partial charge >= 0.3 is 11.9 Å². The normalized spacial score (nSPS) is 9.71. The molecule has 6 nitrogen and oxygen atoms in total. The molecule has 112 valence electrons. The Labute approximate surface area is 123 Å². The fourth-order valence-electron chi connectivity index (χ4n) is 1.42. The Morgan fingerprint density at radius 1 is 1.10 bits per heavy atom. The summed E-state index contributed by atoms with van der Waals surface area (Å²) in [5.74, 6) is -0.656. The summed E-state index contributed by atoms with van der Waals surface area (Å²) in [6, 6.07) is 8.11. The number of hydrogen-bond donors (Lipinski definition) is 0. The average molecular weight is 291 g/mol. The minimum Gasteiger partial charge on any atom is -0.463 e. The van der Waals surface area contributed by atoms with E-state index in [1.807, 2.05) is 13.0 Å². The molecule has 1 aromatic rings. The van der Waals surface area contributed by atoms with E-state index >= 15 is 0 Å². The van der Waals surface area contributed by atoms with Gasteiger partial charge in [-0.3, -0.25) is 9.59 Å². The zero-order valence-corrected chi connectivity index (χ0v) is 11.8. The number of ether oxygens (including phenoxy) is 3. The van der Waals surface area contributed by atoms with Crippen molar-refractivity contribution in [3.63, 3.8) is 0 Å². The summed E-state index contributed by atoms with van der Waals surface area (Å²) < 4.78 is 14.9. The lowest BCUT2D eigenvalue weighted by molar-refractivity contribution is -0.148. The lowest BCUT2D eigenvalue weighted by atomic mass is 10.2. The van der Waals surface area contributed by atoms with Crippen molar-refractivity contribution >= 4 is 11.9 Å². The summed E-state index contributed by atoms with van der Waals surface area (Å²) in [5.41, 5.74) is 0.479. The molecule has 0 heterocycles. The zero-order chi connectivity index (χ0) is 15.5. The molecule has 0 bridgehead atoms. The Balaban J connectivity index is 2.24. The van der Waals surface area contributed by atoms with Gasteiger partial charge in [0.15, 0.2) is 0 Å². The lowest BCUT2D eigenvalue weighted by Crippen LogP contribution is -2.14. The maximum Gasteiger partial charge on any atom is 0.311 e.